The van der Waals surface area contributed by atoms with Crippen molar-refractivity contribution in [2.24, 2.45) is 0 Å². The molecule has 0 bridgehead atoms. The SMILES string of the molecule is CC1(C)c2cc(-c3ccc4ccccc4c3)ccc2-c2ccc(-c3ccc4cc(-c5ccc6ccccc6c5)ccc4c3)cc21. The summed E-state index contributed by atoms with van der Waals surface area (Å²) in [5.74, 6) is 0. The molecule has 0 amide bonds. The molecular weight excluding hydrogens is 540 g/mol. The normalized spacial score (nSPS) is 13.3. The summed E-state index contributed by atoms with van der Waals surface area (Å²) < 4.78 is 0. The molecule has 0 N–H and O–H groups in total. The van der Waals surface area contributed by atoms with E-state index in [2.05, 4.69) is 172 Å². The summed E-state index contributed by atoms with van der Waals surface area (Å²) in [5.41, 5.74) is 13.0. The zero-order valence-corrected chi connectivity index (χ0v) is 25.5. The van der Waals surface area contributed by atoms with Crippen molar-refractivity contribution in [2.45, 2.75) is 19.3 Å². The molecular formula is C45H32. The van der Waals surface area contributed by atoms with Crippen LogP contribution in [-0.2, 0) is 5.41 Å². The molecule has 8 aromatic carbocycles. The molecule has 0 heterocycles. The fraction of sp³-hybridized carbons (Fsp3) is 0.0667. The van der Waals surface area contributed by atoms with Crippen LogP contribution < -0.4 is 0 Å². The Morgan fingerprint density at radius 2 is 0.578 bits per heavy atom. The maximum absolute atomic E-state index is 2.43. The molecule has 0 saturated heterocycles. The van der Waals surface area contributed by atoms with Crippen LogP contribution in [0.5, 0.6) is 0 Å². The average molecular weight is 573 g/mol. The second-order valence-corrected chi connectivity index (χ2v) is 13.0. The van der Waals surface area contributed by atoms with E-state index in [1.807, 2.05) is 0 Å². The molecule has 45 heavy (non-hydrogen) atoms. The summed E-state index contributed by atoms with van der Waals surface area (Å²) in [6, 6.07) is 58.5. The van der Waals surface area contributed by atoms with E-state index in [0.29, 0.717) is 0 Å². The predicted octanol–water partition coefficient (Wildman–Crippen LogP) is 12.5. The highest BCUT2D eigenvalue weighted by Gasteiger charge is 2.35. The lowest BCUT2D eigenvalue weighted by Gasteiger charge is -2.22. The standard InChI is InChI=1S/C45H32/c1-45(2)43-27-39(37-14-12-30-8-4-6-10-32(30)24-37)19-21-41(43)42-22-20-40(28-44(42)45)38-18-17-35-25-34(15-16-36(35)26-38)33-13-11-29-7-3-5-9-31(29)23-33/h3-28H,1-2H3. The Kier molecular flexibility index (Phi) is 5.64. The fourth-order valence-corrected chi connectivity index (χ4v) is 7.44. The highest BCUT2D eigenvalue weighted by atomic mass is 14.4. The number of fused-ring (bicyclic) bond motifs is 6. The molecule has 0 saturated carbocycles. The molecule has 0 heteroatoms. The van der Waals surface area contributed by atoms with Crippen LogP contribution in [0, 0.1) is 0 Å². The van der Waals surface area contributed by atoms with E-state index in [1.54, 1.807) is 0 Å². The summed E-state index contributed by atoms with van der Waals surface area (Å²) >= 11 is 0. The van der Waals surface area contributed by atoms with Gasteiger partial charge in [-0.3, -0.25) is 0 Å². The monoisotopic (exact) mass is 572 g/mol. The van der Waals surface area contributed by atoms with Crippen LogP contribution >= 0.6 is 0 Å². The molecule has 0 nitrogen and oxygen atoms in total. The van der Waals surface area contributed by atoms with Crippen molar-refractivity contribution in [3.05, 3.63) is 169 Å². The van der Waals surface area contributed by atoms with Crippen molar-refractivity contribution in [1.82, 2.24) is 0 Å². The van der Waals surface area contributed by atoms with Crippen molar-refractivity contribution in [1.29, 1.82) is 0 Å². The molecule has 1 aliphatic carbocycles. The first-order valence-electron chi connectivity index (χ1n) is 15.8. The van der Waals surface area contributed by atoms with Gasteiger partial charge >= 0.3 is 0 Å². The van der Waals surface area contributed by atoms with Gasteiger partial charge in [-0.25, -0.2) is 0 Å². The first-order valence-corrected chi connectivity index (χ1v) is 15.8. The van der Waals surface area contributed by atoms with Crippen LogP contribution in [0.3, 0.4) is 0 Å². The third kappa shape index (κ3) is 4.21. The van der Waals surface area contributed by atoms with Gasteiger partial charge in [0.2, 0.25) is 0 Å². The zero-order chi connectivity index (χ0) is 30.1. The van der Waals surface area contributed by atoms with Crippen LogP contribution in [0.2, 0.25) is 0 Å². The minimum Gasteiger partial charge on any atom is -0.0616 e. The lowest BCUT2D eigenvalue weighted by atomic mass is 9.80. The summed E-state index contributed by atoms with van der Waals surface area (Å²) in [6.45, 7) is 4.75. The predicted molar refractivity (Wildman–Crippen MR) is 193 cm³/mol. The van der Waals surface area contributed by atoms with Gasteiger partial charge in [0.25, 0.3) is 0 Å². The molecule has 212 valence electrons. The topological polar surface area (TPSA) is 0 Å². The number of rotatable bonds is 3. The number of hydrogen-bond acceptors (Lipinski definition) is 0. The Morgan fingerprint density at radius 3 is 0.978 bits per heavy atom. The molecule has 0 spiro atoms. The van der Waals surface area contributed by atoms with Gasteiger partial charge in [0.15, 0.2) is 0 Å². The van der Waals surface area contributed by atoms with Gasteiger partial charge in [-0.05, 0) is 124 Å². The molecule has 0 aliphatic heterocycles. The first kappa shape index (κ1) is 26.0. The average Bonchev–Trinajstić information content (AvgIpc) is 3.32. The van der Waals surface area contributed by atoms with Crippen molar-refractivity contribution in [2.75, 3.05) is 0 Å². The fourth-order valence-electron chi connectivity index (χ4n) is 7.44. The minimum absolute atomic E-state index is 0.0842. The van der Waals surface area contributed by atoms with Crippen molar-refractivity contribution in [3.8, 4) is 44.5 Å². The van der Waals surface area contributed by atoms with Crippen LogP contribution in [-0.4, -0.2) is 0 Å². The third-order valence-electron chi connectivity index (χ3n) is 10.0. The lowest BCUT2D eigenvalue weighted by Crippen LogP contribution is -2.15. The number of benzene rings is 8. The number of hydrogen-bond donors (Lipinski definition) is 0. The van der Waals surface area contributed by atoms with Gasteiger partial charge in [0.1, 0.15) is 0 Å². The van der Waals surface area contributed by atoms with Crippen LogP contribution in [0.25, 0.3) is 76.8 Å². The molecule has 1 aliphatic rings. The Balaban J connectivity index is 1.06. The molecule has 0 aromatic heterocycles. The summed E-state index contributed by atoms with van der Waals surface area (Å²) in [7, 11) is 0. The Labute approximate surface area is 264 Å². The highest BCUT2D eigenvalue weighted by molar-refractivity contribution is 5.94. The van der Waals surface area contributed by atoms with Crippen LogP contribution in [0.4, 0.5) is 0 Å². The third-order valence-corrected chi connectivity index (χ3v) is 10.0. The van der Waals surface area contributed by atoms with Crippen molar-refractivity contribution < 1.29 is 0 Å². The van der Waals surface area contributed by atoms with Crippen molar-refractivity contribution >= 4 is 32.3 Å². The maximum Gasteiger partial charge on any atom is 0.0159 e. The van der Waals surface area contributed by atoms with Gasteiger partial charge in [0, 0.05) is 5.41 Å². The molecule has 0 unspecified atom stereocenters. The largest absolute Gasteiger partial charge is 0.0616 e. The second kappa shape index (κ2) is 9.78. The smallest absolute Gasteiger partial charge is 0.0159 e. The van der Waals surface area contributed by atoms with E-state index < -0.39 is 0 Å². The Bertz CT molecular complexity index is 2460. The summed E-state index contributed by atoms with van der Waals surface area (Å²) in [6.07, 6.45) is 0. The maximum atomic E-state index is 2.43. The van der Waals surface area contributed by atoms with E-state index >= 15 is 0 Å². The van der Waals surface area contributed by atoms with E-state index in [-0.39, 0.29) is 5.41 Å². The second-order valence-electron chi connectivity index (χ2n) is 13.0. The molecule has 0 atom stereocenters. The van der Waals surface area contributed by atoms with Gasteiger partial charge in [0.05, 0.1) is 0 Å². The summed E-state index contributed by atoms with van der Waals surface area (Å²) in [4.78, 5) is 0. The molecule has 0 radical (unpaired) electrons. The van der Waals surface area contributed by atoms with E-state index in [4.69, 9.17) is 0 Å². The van der Waals surface area contributed by atoms with E-state index in [0.717, 1.165) is 0 Å². The molecule has 8 aromatic rings. The van der Waals surface area contributed by atoms with E-state index in [9.17, 15) is 0 Å². The first-order chi connectivity index (χ1) is 22.0. The van der Waals surface area contributed by atoms with Crippen LogP contribution in [0.15, 0.2) is 158 Å². The molecule has 9 rings (SSSR count). The Hall–Kier alpha value is -5.46. The Morgan fingerprint density at radius 1 is 0.289 bits per heavy atom. The van der Waals surface area contributed by atoms with Crippen LogP contribution in [0.1, 0.15) is 25.0 Å². The van der Waals surface area contributed by atoms with E-state index in [1.165, 1.54) is 88.0 Å². The van der Waals surface area contributed by atoms with Gasteiger partial charge < -0.3 is 0 Å². The zero-order valence-electron chi connectivity index (χ0n) is 25.5. The van der Waals surface area contributed by atoms with Crippen molar-refractivity contribution in [3.63, 3.8) is 0 Å². The minimum atomic E-state index is -0.0842. The van der Waals surface area contributed by atoms with Gasteiger partial charge in [-0.2, -0.15) is 0 Å². The highest BCUT2D eigenvalue weighted by Crippen LogP contribution is 2.50. The molecule has 0 fully saturated rings. The summed E-state index contributed by atoms with van der Waals surface area (Å²) in [5, 5.41) is 7.64. The quantitative estimate of drug-likeness (QED) is 0.197. The lowest BCUT2D eigenvalue weighted by molar-refractivity contribution is 0.661. The van der Waals surface area contributed by atoms with Gasteiger partial charge in [-0.15, -0.1) is 0 Å². The van der Waals surface area contributed by atoms with Gasteiger partial charge in [-0.1, -0.05) is 135 Å².